The highest BCUT2D eigenvalue weighted by Gasteiger charge is 2.22. The summed E-state index contributed by atoms with van der Waals surface area (Å²) >= 11 is 0. The molecule has 0 heterocycles. The van der Waals surface area contributed by atoms with Crippen LogP contribution in [0.25, 0.3) is 0 Å². The molecule has 0 bridgehead atoms. The maximum absolute atomic E-state index is 11.9. The Labute approximate surface area is 118 Å². The van der Waals surface area contributed by atoms with Crippen molar-refractivity contribution in [2.24, 2.45) is 5.84 Å². The molecule has 4 nitrogen and oxygen atoms in total. The average molecular weight is 270 g/mol. The lowest BCUT2D eigenvalue weighted by molar-refractivity contribution is -0.128. The third-order valence-electron chi connectivity index (χ3n) is 3.06. The molecule has 2 aromatic carbocycles. The molecule has 0 fully saturated rings. The topological polar surface area (TPSA) is 64.3 Å². The first-order chi connectivity index (χ1) is 9.61. The second-order valence-corrected chi connectivity index (χ2v) is 4.69. The lowest BCUT2D eigenvalue weighted by Crippen LogP contribution is -2.37. The van der Waals surface area contributed by atoms with Crippen LogP contribution in [0.4, 0.5) is 0 Å². The van der Waals surface area contributed by atoms with Gasteiger partial charge in [-0.25, -0.2) is 5.84 Å². The minimum Gasteiger partial charge on any atom is -0.475 e. The Hall–Kier alpha value is -2.33. The van der Waals surface area contributed by atoms with Crippen LogP contribution in [0.15, 0.2) is 48.5 Å². The van der Waals surface area contributed by atoms with Crippen LogP contribution in [0.2, 0.25) is 0 Å². The third-order valence-corrected chi connectivity index (χ3v) is 3.06. The van der Waals surface area contributed by atoms with E-state index >= 15 is 0 Å². The molecule has 2 rings (SSSR count). The van der Waals surface area contributed by atoms with Crippen LogP contribution in [0.5, 0.6) is 5.75 Å². The predicted octanol–water partition coefficient (Wildman–Crippen LogP) is 2.41. The van der Waals surface area contributed by atoms with Crippen molar-refractivity contribution in [3.8, 4) is 5.75 Å². The number of nitrogens with two attached hydrogens (primary N) is 1. The second kappa shape index (κ2) is 6.21. The predicted molar refractivity (Wildman–Crippen MR) is 78.1 cm³/mol. The van der Waals surface area contributed by atoms with Crippen molar-refractivity contribution in [2.75, 3.05) is 0 Å². The molecule has 2 aromatic rings. The van der Waals surface area contributed by atoms with E-state index in [1.54, 1.807) is 0 Å². The van der Waals surface area contributed by atoms with E-state index in [9.17, 15) is 4.79 Å². The van der Waals surface area contributed by atoms with Gasteiger partial charge in [0, 0.05) is 5.56 Å². The molecule has 1 amide bonds. The molecule has 1 atom stereocenters. The van der Waals surface area contributed by atoms with Gasteiger partial charge in [-0.2, -0.15) is 0 Å². The number of hydrazine groups is 1. The minimum atomic E-state index is -0.761. The second-order valence-electron chi connectivity index (χ2n) is 4.69. The maximum Gasteiger partial charge on any atom is 0.279 e. The average Bonchev–Trinajstić information content (AvgIpc) is 2.46. The molecule has 104 valence electrons. The fourth-order valence-corrected chi connectivity index (χ4v) is 2.03. The molecule has 0 spiro atoms. The van der Waals surface area contributed by atoms with Gasteiger partial charge in [-0.05, 0) is 25.5 Å². The van der Waals surface area contributed by atoms with Gasteiger partial charge in [-0.15, -0.1) is 0 Å². The first kappa shape index (κ1) is 14.1. The number of benzene rings is 2. The van der Waals surface area contributed by atoms with Crippen LogP contribution in [-0.4, -0.2) is 5.91 Å². The molecule has 0 saturated heterocycles. The number of carbonyl (C=O) groups excluding carboxylic acids is 1. The number of hydrogen-bond donors (Lipinski definition) is 2. The van der Waals surface area contributed by atoms with E-state index in [-0.39, 0.29) is 5.91 Å². The molecular formula is C16H18N2O2. The van der Waals surface area contributed by atoms with E-state index in [2.05, 4.69) is 5.43 Å². The fourth-order valence-electron chi connectivity index (χ4n) is 2.03. The van der Waals surface area contributed by atoms with Crippen LogP contribution in [0.3, 0.4) is 0 Å². The van der Waals surface area contributed by atoms with Gasteiger partial charge in [-0.1, -0.05) is 48.0 Å². The van der Waals surface area contributed by atoms with E-state index in [0.29, 0.717) is 5.75 Å². The Morgan fingerprint density at radius 3 is 2.45 bits per heavy atom. The van der Waals surface area contributed by atoms with E-state index in [0.717, 1.165) is 16.7 Å². The van der Waals surface area contributed by atoms with Crippen molar-refractivity contribution < 1.29 is 9.53 Å². The highest BCUT2D eigenvalue weighted by atomic mass is 16.5. The van der Waals surface area contributed by atoms with Gasteiger partial charge in [-0.3, -0.25) is 10.2 Å². The van der Waals surface area contributed by atoms with Gasteiger partial charge < -0.3 is 4.74 Å². The molecular weight excluding hydrogens is 252 g/mol. The Morgan fingerprint density at radius 2 is 1.85 bits per heavy atom. The van der Waals surface area contributed by atoms with Crippen molar-refractivity contribution in [3.05, 3.63) is 65.2 Å². The van der Waals surface area contributed by atoms with Crippen molar-refractivity contribution in [1.29, 1.82) is 0 Å². The van der Waals surface area contributed by atoms with Gasteiger partial charge in [0.2, 0.25) is 6.10 Å². The number of amides is 1. The summed E-state index contributed by atoms with van der Waals surface area (Å²) in [6.07, 6.45) is -0.761. The summed E-state index contributed by atoms with van der Waals surface area (Å²) in [7, 11) is 0. The molecule has 3 N–H and O–H groups in total. The third kappa shape index (κ3) is 3.16. The Balaban J connectivity index is 2.31. The number of carbonyl (C=O) groups is 1. The quantitative estimate of drug-likeness (QED) is 0.509. The lowest BCUT2D eigenvalue weighted by atomic mass is 10.1. The van der Waals surface area contributed by atoms with E-state index < -0.39 is 6.10 Å². The number of rotatable bonds is 4. The van der Waals surface area contributed by atoms with E-state index in [1.807, 2.05) is 62.4 Å². The standard InChI is InChI=1S/C16H18N2O2/c1-11-8-9-14(12(2)10-11)20-15(16(19)18-17)13-6-4-3-5-7-13/h3-10,15H,17H2,1-2H3,(H,18,19). The summed E-state index contributed by atoms with van der Waals surface area (Å²) in [4.78, 5) is 11.9. The molecule has 4 heteroatoms. The van der Waals surface area contributed by atoms with Crippen LogP contribution in [0, 0.1) is 13.8 Å². The normalized spacial score (nSPS) is 11.8. The van der Waals surface area contributed by atoms with Crippen LogP contribution >= 0.6 is 0 Å². The molecule has 0 saturated carbocycles. The monoisotopic (exact) mass is 270 g/mol. The van der Waals surface area contributed by atoms with Crippen molar-refractivity contribution in [1.82, 2.24) is 5.43 Å². The molecule has 0 aliphatic carbocycles. The molecule has 0 radical (unpaired) electrons. The van der Waals surface area contributed by atoms with Gasteiger partial charge >= 0.3 is 0 Å². The van der Waals surface area contributed by atoms with Gasteiger partial charge in [0.05, 0.1) is 0 Å². The summed E-state index contributed by atoms with van der Waals surface area (Å²) in [5.74, 6) is 5.54. The number of ether oxygens (including phenoxy) is 1. The zero-order valence-electron chi connectivity index (χ0n) is 11.6. The molecule has 0 aromatic heterocycles. The summed E-state index contributed by atoms with van der Waals surface area (Å²) in [6, 6.07) is 15.1. The number of nitrogens with one attached hydrogen (secondary N) is 1. The van der Waals surface area contributed by atoms with Gasteiger partial charge in [0.15, 0.2) is 0 Å². The molecule has 0 aliphatic heterocycles. The summed E-state index contributed by atoms with van der Waals surface area (Å²) < 4.78 is 5.85. The zero-order valence-corrected chi connectivity index (χ0v) is 11.6. The summed E-state index contributed by atoms with van der Waals surface area (Å²) in [5.41, 5.74) is 5.04. The summed E-state index contributed by atoms with van der Waals surface area (Å²) in [5, 5.41) is 0. The van der Waals surface area contributed by atoms with Gasteiger partial charge in [0.25, 0.3) is 5.91 Å². The van der Waals surface area contributed by atoms with E-state index in [4.69, 9.17) is 10.6 Å². The largest absolute Gasteiger partial charge is 0.475 e. The Morgan fingerprint density at radius 1 is 1.15 bits per heavy atom. The first-order valence-electron chi connectivity index (χ1n) is 6.41. The smallest absolute Gasteiger partial charge is 0.279 e. The molecule has 1 unspecified atom stereocenters. The molecule has 20 heavy (non-hydrogen) atoms. The van der Waals surface area contributed by atoms with Crippen LogP contribution < -0.4 is 16.0 Å². The van der Waals surface area contributed by atoms with Crippen LogP contribution in [0.1, 0.15) is 22.8 Å². The van der Waals surface area contributed by atoms with Crippen molar-refractivity contribution in [3.63, 3.8) is 0 Å². The Bertz CT molecular complexity index is 597. The van der Waals surface area contributed by atoms with Gasteiger partial charge in [0.1, 0.15) is 5.75 Å². The first-order valence-corrected chi connectivity index (χ1v) is 6.41. The highest BCUT2D eigenvalue weighted by molar-refractivity contribution is 5.82. The maximum atomic E-state index is 11.9. The fraction of sp³-hybridized carbons (Fsp3) is 0.188. The zero-order chi connectivity index (χ0) is 14.5. The number of hydrogen-bond acceptors (Lipinski definition) is 3. The van der Waals surface area contributed by atoms with E-state index in [1.165, 1.54) is 0 Å². The highest BCUT2D eigenvalue weighted by Crippen LogP contribution is 2.26. The molecule has 0 aliphatic rings. The lowest BCUT2D eigenvalue weighted by Gasteiger charge is -2.19. The SMILES string of the molecule is Cc1ccc(OC(C(=O)NN)c2ccccc2)c(C)c1. The van der Waals surface area contributed by atoms with Crippen molar-refractivity contribution in [2.45, 2.75) is 20.0 Å². The Kier molecular flexibility index (Phi) is 4.38. The van der Waals surface area contributed by atoms with Crippen molar-refractivity contribution >= 4 is 5.91 Å². The summed E-state index contributed by atoms with van der Waals surface area (Å²) in [6.45, 7) is 3.96. The van der Waals surface area contributed by atoms with Crippen LogP contribution in [-0.2, 0) is 4.79 Å². The minimum absolute atomic E-state index is 0.379. The number of aryl methyl sites for hydroxylation is 2.